The third kappa shape index (κ3) is 2.19. The molecule has 3 rings (SSSR count). The number of hydrogen-bond donors (Lipinski definition) is 2. The molecule has 92 valence electrons. The van der Waals surface area contributed by atoms with E-state index >= 15 is 0 Å². The van der Waals surface area contributed by atoms with E-state index in [1.54, 1.807) is 6.07 Å². The van der Waals surface area contributed by atoms with E-state index in [0.29, 0.717) is 5.82 Å². The molecule has 1 aliphatic heterocycles. The van der Waals surface area contributed by atoms with Crippen LogP contribution in [-0.4, -0.2) is 11.5 Å². The SMILES string of the molecule is Fc1ccc(Nc2cccc3c2CCNC3)nc1. The van der Waals surface area contributed by atoms with Crippen molar-refractivity contribution in [2.75, 3.05) is 11.9 Å². The first-order valence-corrected chi connectivity index (χ1v) is 6.03. The minimum atomic E-state index is -0.320. The fourth-order valence-electron chi connectivity index (χ4n) is 2.24. The van der Waals surface area contributed by atoms with Crippen molar-refractivity contribution >= 4 is 11.5 Å². The van der Waals surface area contributed by atoms with Gasteiger partial charge < -0.3 is 10.6 Å². The third-order valence-electron chi connectivity index (χ3n) is 3.13. The molecule has 0 spiro atoms. The summed E-state index contributed by atoms with van der Waals surface area (Å²) in [6.45, 7) is 1.89. The molecule has 0 saturated heterocycles. The summed E-state index contributed by atoms with van der Waals surface area (Å²) in [7, 11) is 0. The number of halogens is 1. The predicted octanol–water partition coefficient (Wildman–Crippen LogP) is 2.61. The van der Waals surface area contributed by atoms with Crippen molar-refractivity contribution in [1.82, 2.24) is 10.3 Å². The van der Waals surface area contributed by atoms with E-state index in [1.807, 2.05) is 12.1 Å². The van der Waals surface area contributed by atoms with Crippen LogP contribution in [0.25, 0.3) is 0 Å². The quantitative estimate of drug-likeness (QED) is 0.851. The standard InChI is InChI=1S/C14H14FN3/c15-11-4-5-14(17-9-11)18-13-3-1-2-10-8-16-7-6-12(10)13/h1-5,9,16H,6-8H2,(H,17,18). The first-order chi connectivity index (χ1) is 8.83. The monoisotopic (exact) mass is 243 g/mol. The first kappa shape index (κ1) is 11.2. The van der Waals surface area contributed by atoms with E-state index < -0.39 is 0 Å². The molecule has 3 nitrogen and oxygen atoms in total. The minimum Gasteiger partial charge on any atom is -0.340 e. The van der Waals surface area contributed by atoms with Gasteiger partial charge in [0.25, 0.3) is 0 Å². The number of aromatic nitrogens is 1. The average molecular weight is 243 g/mol. The van der Waals surface area contributed by atoms with Crippen LogP contribution in [0, 0.1) is 5.82 Å². The number of nitrogens with zero attached hydrogens (tertiary/aromatic N) is 1. The predicted molar refractivity (Wildman–Crippen MR) is 69.3 cm³/mol. The highest BCUT2D eigenvalue weighted by atomic mass is 19.1. The number of benzene rings is 1. The van der Waals surface area contributed by atoms with Crippen molar-refractivity contribution in [1.29, 1.82) is 0 Å². The molecule has 4 heteroatoms. The van der Waals surface area contributed by atoms with Gasteiger partial charge in [-0.2, -0.15) is 0 Å². The molecular weight excluding hydrogens is 229 g/mol. The lowest BCUT2D eigenvalue weighted by Gasteiger charge is -2.20. The Bertz CT molecular complexity index is 551. The molecular formula is C14H14FN3. The lowest BCUT2D eigenvalue weighted by atomic mass is 9.99. The molecule has 2 aromatic rings. The second-order valence-corrected chi connectivity index (χ2v) is 4.36. The van der Waals surface area contributed by atoms with Crippen LogP contribution in [0.2, 0.25) is 0 Å². The van der Waals surface area contributed by atoms with Gasteiger partial charge in [-0.1, -0.05) is 12.1 Å². The van der Waals surface area contributed by atoms with Crippen LogP contribution >= 0.6 is 0 Å². The second-order valence-electron chi connectivity index (χ2n) is 4.36. The van der Waals surface area contributed by atoms with Gasteiger partial charge in [0.2, 0.25) is 0 Å². The lowest BCUT2D eigenvalue weighted by molar-refractivity contribution is 0.622. The first-order valence-electron chi connectivity index (χ1n) is 6.03. The Kier molecular flexibility index (Phi) is 2.94. The average Bonchev–Trinajstić information content (AvgIpc) is 2.42. The summed E-state index contributed by atoms with van der Waals surface area (Å²) >= 11 is 0. The zero-order chi connectivity index (χ0) is 12.4. The highest BCUT2D eigenvalue weighted by Crippen LogP contribution is 2.25. The topological polar surface area (TPSA) is 37.0 Å². The minimum absolute atomic E-state index is 0.320. The van der Waals surface area contributed by atoms with Crippen molar-refractivity contribution in [3.63, 3.8) is 0 Å². The van der Waals surface area contributed by atoms with Crippen LogP contribution in [0.1, 0.15) is 11.1 Å². The Labute approximate surface area is 105 Å². The molecule has 0 aliphatic carbocycles. The second kappa shape index (κ2) is 4.74. The third-order valence-corrected chi connectivity index (χ3v) is 3.13. The maximum absolute atomic E-state index is 12.8. The molecule has 0 bridgehead atoms. The fourth-order valence-corrected chi connectivity index (χ4v) is 2.24. The van der Waals surface area contributed by atoms with Crippen molar-refractivity contribution in [3.8, 4) is 0 Å². The summed E-state index contributed by atoms with van der Waals surface area (Å²) in [5, 5.41) is 6.60. The van der Waals surface area contributed by atoms with Crippen LogP contribution in [0.3, 0.4) is 0 Å². The van der Waals surface area contributed by atoms with E-state index in [-0.39, 0.29) is 5.82 Å². The van der Waals surface area contributed by atoms with Gasteiger partial charge >= 0.3 is 0 Å². The largest absolute Gasteiger partial charge is 0.340 e. The molecule has 1 aromatic heterocycles. The summed E-state index contributed by atoms with van der Waals surface area (Å²) in [5.74, 6) is 0.350. The van der Waals surface area contributed by atoms with Gasteiger partial charge in [-0.05, 0) is 42.3 Å². The van der Waals surface area contributed by atoms with Crippen molar-refractivity contribution in [3.05, 3.63) is 53.5 Å². The van der Waals surface area contributed by atoms with Gasteiger partial charge in [-0.15, -0.1) is 0 Å². The number of hydrogen-bond acceptors (Lipinski definition) is 3. The Morgan fingerprint density at radius 2 is 2.17 bits per heavy atom. The molecule has 2 N–H and O–H groups in total. The van der Waals surface area contributed by atoms with Crippen molar-refractivity contribution < 1.29 is 4.39 Å². The normalized spacial score (nSPS) is 14.1. The Morgan fingerprint density at radius 3 is 3.00 bits per heavy atom. The summed E-state index contributed by atoms with van der Waals surface area (Å²) in [5.41, 5.74) is 3.70. The van der Waals surface area contributed by atoms with Gasteiger partial charge in [0.1, 0.15) is 11.6 Å². The van der Waals surface area contributed by atoms with Gasteiger partial charge in [0.05, 0.1) is 6.20 Å². The highest BCUT2D eigenvalue weighted by molar-refractivity contribution is 5.62. The Balaban J connectivity index is 1.90. The molecule has 1 aliphatic rings. The summed E-state index contributed by atoms with van der Waals surface area (Å²) < 4.78 is 12.8. The zero-order valence-electron chi connectivity index (χ0n) is 9.91. The van der Waals surface area contributed by atoms with E-state index in [1.165, 1.54) is 23.4 Å². The van der Waals surface area contributed by atoms with Crippen LogP contribution in [0.4, 0.5) is 15.9 Å². The smallest absolute Gasteiger partial charge is 0.141 e. The molecule has 0 atom stereocenters. The van der Waals surface area contributed by atoms with E-state index in [4.69, 9.17) is 0 Å². The van der Waals surface area contributed by atoms with E-state index in [2.05, 4.69) is 21.7 Å². The van der Waals surface area contributed by atoms with Gasteiger partial charge in [-0.3, -0.25) is 0 Å². The number of pyridine rings is 1. The summed E-state index contributed by atoms with van der Waals surface area (Å²) in [6, 6.07) is 9.25. The van der Waals surface area contributed by atoms with Crippen LogP contribution in [0.5, 0.6) is 0 Å². The van der Waals surface area contributed by atoms with Crippen LogP contribution in [0.15, 0.2) is 36.5 Å². The zero-order valence-corrected chi connectivity index (χ0v) is 9.91. The maximum Gasteiger partial charge on any atom is 0.141 e. The number of fused-ring (bicyclic) bond motifs is 1. The van der Waals surface area contributed by atoms with Crippen molar-refractivity contribution in [2.45, 2.75) is 13.0 Å². The molecule has 0 saturated carbocycles. The molecule has 0 fully saturated rings. The summed E-state index contributed by atoms with van der Waals surface area (Å²) in [4.78, 5) is 4.02. The van der Waals surface area contributed by atoms with E-state index in [0.717, 1.165) is 25.2 Å². The number of rotatable bonds is 2. The number of anilines is 2. The maximum atomic E-state index is 12.8. The molecule has 0 unspecified atom stereocenters. The van der Waals surface area contributed by atoms with Gasteiger partial charge in [0, 0.05) is 12.2 Å². The van der Waals surface area contributed by atoms with E-state index in [9.17, 15) is 4.39 Å². The Hall–Kier alpha value is -1.94. The molecule has 0 amide bonds. The molecule has 2 heterocycles. The summed E-state index contributed by atoms with van der Waals surface area (Å²) in [6.07, 6.45) is 2.22. The number of nitrogens with one attached hydrogen (secondary N) is 2. The Morgan fingerprint density at radius 1 is 1.22 bits per heavy atom. The molecule has 0 radical (unpaired) electrons. The molecule has 18 heavy (non-hydrogen) atoms. The lowest BCUT2D eigenvalue weighted by Crippen LogP contribution is -2.24. The molecule has 1 aromatic carbocycles. The van der Waals surface area contributed by atoms with Crippen LogP contribution in [-0.2, 0) is 13.0 Å². The fraction of sp³-hybridized carbons (Fsp3) is 0.214. The highest BCUT2D eigenvalue weighted by Gasteiger charge is 2.12. The van der Waals surface area contributed by atoms with Crippen LogP contribution < -0.4 is 10.6 Å². The van der Waals surface area contributed by atoms with Crippen molar-refractivity contribution in [2.24, 2.45) is 0 Å². The van der Waals surface area contributed by atoms with Gasteiger partial charge in [0.15, 0.2) is 0 Å². The van der Waals surface area contributed by atoms with Gasteiger partial charge in [-0.25, -0.2) is 9.37 Å².